The molecule has 0 heterocycles. The average molecular weight is 922 g/mol. The maximum Gasteiger partial charge on any atom is 0.259 e. The number of benzene rings is 8. The van der Waals surface area contributed by atoms with Crippen molar-refractivity contribution in [3.63, 3.8) is 0 Å². The van der Waals surface area contributed by atoms with Crippen LogP contribution < -0.4 is 10.6 Å². The van der Waals surface area contributed by atoms with Gasteiger partial charge >= 0.3 is 0 Å². The summed E-state index contributed by atoms with van der Waals surface area (Å²) in [6.45, 7) is 0. The summed E-state index contributed by atoms with van der Waals surface area (Å²) >= 11 is 11.9. The first-order valence-electron chi connectivity index (χ1n) is 18.1. The van der Waals surface area contributed by atoms with Gasteiger partial charge in [0, 0.05) is 64.1 Å². The predicted molar refractivity (Wildman–Crippen MR) is 247 cm³/mol. The van der Waals surface area contributed by atoms with Crippen LogP contribution in [0.1, 0.15) is 20.7 Å². The molecule has 8 aromatic rings. The molecule has 0 aliphatic heterocycles. The normalized spacial score (nSPS) is 10.6. The molecule has 15 heteroatoms. The van der Waals surface area contributed by atoms with Crippen LogP contribution in [0.25, 0.3) is 21.5 Å². The van der Waals surface area contributed by atoms with Gasteiger partial charge in [-0.2, -0.15) is 0 Å². The first kappa shape index (κ1) is 48.1. The molecular formula is C48H38Cl2FeN6O6+2. The minimum atomic E-state index is -0.480. The Hall–Kier alpha value is -7.54. The number of carbonyl (C=O) groups is 2. The van der Waals surface area contributed by atoms with Gasteiger partial charge < -0.3 is 31.1 Å². The number of halogens is 2. The van der Waals surface area contributed by atoms with Crippen LogP contribution in [-0.2, 0) is 17.1 Å². The van der Waals surface area contributed by atoms with Gasteiger partial charge in [-0.15, -0.1) is 20.5 Å². The molecule has 12 nitrogen and oxygen atoms in total. The van der Waals surface area contributed by atoms with Crippen molar-refractivity contribution >= 4 is 90.7 Å². The summed E-state index contributed by atoms with van der Waals surface area (Å²) in [7, 11) is 0. The predicted octanol–water partition coefficient (Wildman–Crippen LogP) is 14.0. The van der Waals surface area contributed by atoms with Gasteiger partial charge in [-0.3, -0.25) is 9.59 Å². The maximum atomic E-state index is 12.8. The van der Waals surface area contributed by atoms with Crippen LogP contribution >= 0.6 is 23.2 Å². The number of phenols is 4. The average Bonchev–Trinajstić information content (AvgIpc) is 3.25. The molecule has 0 aromatic heterocycles. The van der Waals surface area contributed by atoms with Crippen molar-refractivity contribution in [2.75, 3.05) is 10.6 Å². The monoisotopic (exact) mass is 920 g/mol. The topological polar surface area (TPSA) is 189 Å². The number of aromatic hydroxyl groups is 4. The van der Waals surface area contributed by atoms with E-state index in [1.165, 1.54) is 36.4 Å². The fourth-order valence-electron chi connectivity index (χ4n) is 5.98. The molecule has 8 rings (SSSR count). The molecule has 0 atom stereocenters. The van der Waals surface area contributed by atoms with E-state index in [1.807, 2.05) is 36.4 Å². The van der Waals surface area contributed by atoms with Crippen LogP contribution in [0, 0.1) is 14.9 Å². The van der Waals surface area contributed by atoms with Crippen LogP contribution in [0.5, 0.6) is 23.0 Å². The van der Waals surface area contributed by atoms with Crippen molar-refractivity contribution < 1.29 is 47.1 Å². The molecule has 0 aliphatic rings. The number of amides is 2. The molecule has 0 saturated heterocycles. The third-order valence-corrected chi connectivity index (χ3v) is 9.40. The Balaban J connectivity index is 0.000000264. The van der Waals surface area contributed by atoms with E-state index >= 15 is 0 Å². The van der Waals surface area contributed by atoms with Gasteiger partial charge in [0.1, 0.15) is 34.2 Å². The molecule has 8 aromatic carbocycles. The van der Waals surface area contributed by atoms with E-state index < -0.39 is 11.8 Å². The zero-order valence-electron chi connectivity index (χ0n) is 33.5. The minimum absolute atomic E-state index is 0. The van der Waals surface area contributed by atoms with E-state index in [-0.39, 0.29) is 88.8 Å². The van der Waals surface area contributed by atoms with Crippen molar-refractivity contribution in [2.45, 2.75) is 0 Å². The summed E-state index contributed by atoms with van der Waals surface area (Å²) in [5.74, 6) is -1.80. The second-order valence-corrected chi connectivity index (χ2v) is 13.9. The van der Waals surface area contributed by atoms with Gasteiger partial charge in [0.25, 0.3) is 11.8 Å². The zero-order chi connectivity index (χ0) is 42.2. The Bertz CT molecular complexity index is 2760. The molecule has 0 saturated carbocycles. The minimum Gasteiger partial charge on any atom is -0.506 e. The van der Waals surface area contributed by atoms with Gasteiger partial charge in [0.05, 0.1) is 11.1 Å². The van der Waals surface area contributed by atoms with Gasteiger partial charge in [-0.05, 0) is 83.6 Å². The van der Waals surface area contributed by atoms with Crippen molar-refractivity contribution in [3.05, 3.63) is 194 Å². The summed E-state index contributed by atoms with van der Waals surface area (Å²) in [4.78, 5) is 25.6. The molecule has 316 valence electrons. The number of para-hydroxylation sites is 2. The smallest absolute Gasteiger partial charge is 0.259 e. The van der Waals surface area contributed by atoms with Crippen LogP contribution in [0.15, 0.2) is 178 Å². The Morgan fingerprint density at radius 1 is 0.444 bits per heavy atom. The Labute approximate surface area is 383 Å². The molecule has 63 heavy (non-hydrogen) atoms. The number of rotatable bonds is 8. The summed E-state index contributed by atoms with van der Waals surface area (Å²) in [5.41, 5.74) is 1.83. The summed E-state index contributed by atoms with van der Waals surface area (Å²) < 4.78 is 0. The second kappa shape index (κ2) is 21.8. The third-order valence-electron chi connectivity index (χ3n) is 8.93. The zero-order valence-corrected chi connectivity index (χ0v) is 36.1. The first-order valence-corrected chi connectivity index (χ1v) is 18.8. The summed E-state index contributed by atoms with van der Waals surface area (Å²) in [6.07, 6.45) is 0. The Morgan fingerprint density at radius 2 is 0.794 bits per heavy atom. The maximum absolute atomic E-state index is 12.8. The number of nitrogens with zero attached hydrogens (tertiary/aromatic N) is 4. The van der Waals surface area contributed by atoms with E-state index in [0.29, 0.717) is 43.0 Å². The van der Waals surface area contributed by atoms with Gasteiger partial charge in [0.2, 0.25) is 0 Å². The number of hydrogen-bond acceptors (Lipinski definition) is 10. The number of phenolic OH excluding ortho intramolecular Hbond substituents is 4. The molecule has 6 N–H and O–H groups in total. The van der Waals surface area contributed by atoms with Crippen LogP contribution in [0.4, 0.5) is 34.1 Å². The van der Waals surface area contributed by atoms with E-state index in [4.69, 9.17) is 23.2 Å². The molecule has 0 radical (unpaired) electrons. The molecule has 0 spiro atoms. The SMILES string of the molecule is O=C(Nc1ccccc1)c1cc2ccccc2c(N=Nc2cc(Cl)ccc2O)c1O.O=C(Nc1ccccc1)c1cc2ccccc2c(N=Nc2cc(Cl)ccc2O)c1O.[CH3+].[CH3+].[Fe]. The van der Waals surface area contributed by atoms with Crippen LogP contribution in [0.2, 0.25) is 10.0 Å². The van der Waals surface area contributed by atoms with Gasteiger partial charge in [0.15, 0.2) is 11.5 Å². The Morgan fingerprint density at radius 3 is 1.17 bits per heavy atom. The third kappa shape index (κ3) is 11.4. The number of azo groups is 2. The molecule has 0 aliphatic carbocycles. The fraction of sp³-hybridized carbons (Fsp3) is 0. The molecule has 0 unspecified atom stereocenters. The van der Waals surface area contributed by atoms with Crippen molar-refractivity contribution in [3.8, 4) is 23.0 Å². The number of nitrogens with one attached hydrogen (secondary N) is 2. The van der Waals surface area contributed by atoms with Crippen LogP contribution in [0.3, 0.4) is 0 Å². The number of anilines is 2. The van der Waals surface area contributed by atoms with E-state index in [0.717, 1.165) is 0 Å². The molecule has 0 fully saturated rings. The van der Waals surface area contributed by atoms with Crippen molar-refractivity contribution in [1.82, 2.24) is 0 Å². The molecular weight excluding hydrogens is 883 g/mol. The van der Waals surface area contributed by atoms with Crippen molar-refractivity contribution in [1.29, 1.82) is 0 Å². The second-order valence-electron chi connectivity index (χ2n) is 13.0. The van der Waals surface area contributed by atoms with Crippen LogP contribution in [-0.4, -0.2) is 32.2 Å². The fourth-order valence-corrected chi connectivity index (χ4v) is 6.32. The quantitative estimate of drug-likeness (QED) is 0.0499. The summed E-state index contributed by atoms with van der Waals surface area (Å²) in [6, 6.07) is 44.2. The van der Waals surface area contributed by atoms with E-state index in [1.54, 1.807) is 84.9 Å². The standard InChI is InChI=1S/2C23H16ClN3O3.2CH3.Fe/c2*24-15-10-11-20(28)19(13-15)26-27-21-17-9-5-4-6-14(17)12-18(22(21)29)23(30)25-16-7-2-1-3-8-16;;;/h2*1-13,28-29H,(H,25,30);2*1H3;/q;;2*+1;. The molecule has 0 bridgehead atoms. The molecule has 2 amide bonds. The Kier molecular flexibility index (Phi) is 16.7. The first-order chi connectivity index (χ1) is 29.0. The van der Waals surface area contributed by atoms with E-state index in [2.05, 4.69) is 31.1 Å². The van der Waals surface area contributed by atoms with Crippen molar-refractivity contribution in [2.24, 2.45) is 20.5 Å². The summed E-state index contributed by atoms with van der Waals surface area (Å²) in [5, 5.41) is 66.8. The number of fused-ring (bicyclic) bond motifs is 2. The number of hydrogen-bond donors (Lipinski definition) is 6. The van der Waals surface area contributed by atoms with E-state index in [9.17, 15) is 30.0 Å². The van der Waals surface area contributed by atoms with Gasteiger partial charge in [-0.25, -0.2) is 0 Å². The number of carbonyl (C=O) groups excluding carboxylic acids is 2. The largest absolute Gasteiger partial charge is 0.506 e. The van der Waals surface area contributed by atoms with Gasteiger partial charge in [-0.1, -0.05) is 108 Å².